The Morgan fingerprint density at radius 2 is 1.67 bits per heavy atom. The van der Waals surface area contributed by atoms with Gasteiger partial charge in [0.2, 0.25) is 29.5 Å². The molecule has 0 fully saturated rings. The lowest BCUT2D eigenvalue weighted by molar-refractivity contribution is -0.144. The van der Waals surface area contributed by atoms with Crippen LogP contribution in [0.25, 0.3) is 10.9 Å². The highest BCUT2D eigenvalue weighted by molar-refractivity contribution is 5.96. The highest BCUT2D eigenvalue weighted by Gasteiger charge is 2.36. The van der Waals surface area contributed by atoms with Gasteiger partial charge in [-0.05, 0) is 31.4 Å². The zero-order valence-corrected chi connectivity index (χ0v) is 28.6. The number of nitrogens with zero attached hydrogens (tertiary/aromatic N) is 3. The first-order valence-electron chi connectivity index (χ1n) is 16.2. The molecular weight excluding hydrogens is 666 g/mol. The molecule has 0 unspecified atom stereocenters. The molecule has 0 saturated carbocycles. The van der Waals surface area contributed by atoms with Crippen molar-refractivity contribution in [2.45, 2.75) is 81.8 Å². The third-order valence-electron chi connectivity index (χ3n) is 8.36. The number of aromatic nitrogens is 3. The first-order valence-corrected chi connectivity index (χ1v) is 16.2. The molecular formula is C33H45N9O9. The van der Waals surface area contributed by atoms with Crippen molar-refractivity contribution in [3.8, 4) is 0 Å². The number of fused-ring (bicyclic) bond motifs is 1. The van der Waals surface area contributed by atoms with Crippen molar-refractivity contribution in [2.24, 2.45) is 18.5 Å². The summed E-state index contributed by atoms with van der Waals surface area (Å²) < 4.78 is 1.69. The maximum atomic E-state index is 13.9. The average molecular weight is 712 g/mol. The molecule has 0 bridgehead atoms. The van der Waals surface area contributed by atoms with E-state index in [0.717, 1.165) is 15.8 Å². The maximum absolute atomic E-state index is 13.9. The van der Waals surface area contributed by atoms with Crippen LogP contribution in [0.1, 0.15) is 43.9 Å². The Morgan fingerprint density at radius 1 is 1.00 bits per heavy atom. The third-order valence-corrected chi connectivity index (χ3v) is 8.36. The molecule has 3 aromatic rings. The van der Waals surface area contributed by atoms with Crippen molar-refractivity contribution < 1.29 is 43.8 Å². The second kappa shape index (κ2) is 18.4. The number of carbonyl (C=O) groups excluding carboxylic acids is 6. The number of benzene rings is 1. The minimum absolute atomic E-state index is 0.0927. The summed E-state index contributed by atoms with van der Waals surface area (Å²) in [5.74, 6) is -5.30. The molecule has 18 heteroatoms. The van der Waals surface area contributed by atoms with Crippen LogP contribution in [0.4, 0.5) is 0 Å². The molecule has 276 valence electrons. The Kier molecular flexibility index (Phi) is 14.4. The van der Waals surface area contributed by atoms with Crippen LogP contribution in [0, 0.1) is 0 Å². The summed E-state index contributed by atoms with van der Waals surface area (Å²) in [6, 6.07) is 0.569. The fourth-order valence-electron chi connectivity index (χ4n) is 5.56. The molecule has 51 heavy (non-hydrogen) atoms. The number of hydrogen-bond acceptors (Lipinski definition) is 10. The fourth-order valence-corrected chi connectivity index (χ4v) is 5.56. The number of amides is 5. The van der Waals surface area contributed by atoms with Crippen molar-refractivity contribution in [3.05, 3.63) is 54.2 Å². The number of likely N-dealkylation sites (N-methyl/N-ethyl adjacent to an activating group) is 1. The van der Waals surface area contributed by atoms with Gasteiger partial charge >= 0.3 is 5.97 Å². The van der Waals surface area contributed by atoms with Gasteiger partial charge in [0.25, 0.3) is 0 Å². The van der Waals surface area contributed by atoms with Crippen molar-refractivity contribution in [1.82, 2.24) is 35.4 Å². The van der Waals surface area contributed by atoms with E-state index in [4.69, 9.17) is 16.6 Å². The average Bonchev–Trinajstić information content (AvgIpc) is 3.68. The Bertz CT molecular complexity index is 1720. The first-order chi connectivity index (χ1) is 24.1. The lowest BCUT2D eigenvalue weighted by atomic mass is 10.0. The molecule has 3 rings (SSSR count). The minimum Gasteiger partial charge on any atom is -0.481 e. The van der Waals surface area contributed by atoms with Crippen molar-refractivity contribution in [1.29, 1.82) is 0 Å². The minimum atomic E-state index is -1.50. The summed E-state index contributed by atoms with van der Waals surface area (Å²) in [6.45, 7) is 1.30. The normalized spacial score (nSPS) is 14.7. The molecule has 1 aromatic carbocycles. The van der Waals surface area contributed by atoms with Gasteiger partial charge in [0.1, 0.15) is 24.4 Å². The van der Waals surface area contributed by atoms with Crippen LogP contribution in [0.3, 0.4) is 0 Å². The summed E-state index contributed by atoms with van der Waals surface area (Å²) in [4.78, 5) is 96.6. The second-order valence-electron chi connectivity index (χ2n) is 12.3. The number of nitrogens with two attached hydrogens (primary N) is 2. The highest BCUT2D eigenvalue weighted by atomic mass is 16.4. The Balaban J connectivity index is 1.89. The van der Waals surface area contributed by atoms with E-state index in [1.807, 2.05) is 6.07 Å². The van der Waals surface area contributed by atoms with E-state index in [1.54, 1.807) is 48.5 Å². The highest BCUT2D eigenvalue weighted by Crippen LogP contribution is 2.20. The van der Waals surface area contributed by atoms with E-state index >= 15 is 0 Å². The molecule has 0 saturated heterocycles. The van der Waals surface area contributed by atoms with Crippen LogP contribution in [0.15, 0.2) is 43.0 Å². The van der Waals surface area contributed by atoms with E-state index in [1.165, 1.54) is 14.0 Å². The van der Waals surface area contributed by atoms with Gasteiger partial charge < -0.3 is 56.9 Å². The monoisotopic (exact) mass is 711 g/mol. The number of hydrogen-bond donors (Lipinski definition) is 8. The zero-order chi connectivity index (χ0) is 37.8. The molecule has 0 aliphatic rings. The van der Waals surface area contributed by atoms with E-state index < -0.39 is 78.2 Å². The van der Waals surface area contributed by atoms with Crippen LogP contribution in [-0.2, 0) is 53.5 Å². The number of aldehydes is 1. The van der Waals surface area contributed by atoms with Gasteiger partial charge in [0.05, 0.1) is 24.5 Å². The van der Waals surface area contributed by atoms with Gasteiger partial charge in [0, 0.05) is 68.8 Å². The number of rotatable bonds is 20. The quantitative estimate of drug-likeness (QED) is 0.0594. The number of carboxylic acids is 1. The van der Waals surface area contributed by atoms with Crippen LogP contribution >= 0.6 is 0 Å². The van der Waals surface area contributed by atoms with Gasteiger partial charge in [0.15, 0.2) is 0 Å². The number of carbonyl (C=O) groups is 7. The smallest absolute Gasteiger partial charge is 0.303 e. The van der Waals surface area contributed by atoms with E-state index in [2.05, 4.69) is 25.9 Å². The zero-order valence-electron chi connectivity index (χ0n) is 28.6. The summed E-state index contributed by atoms with van der Waals surface area (Å²) in [5, 5.41) is 27.9. The fraction of sp³-hybridized carbons (Fsp3) is 0.455. The summed E-state index contributed by atoms with van der Waals surface area (Å²) in [7, 11) is 3.03. The number of carboxylic acid groups (broad SMARTS) is 1. The van der Waals surface area contributed by atoms with Crippen LogP contribution in [-0.4, -0.2) is 115 Å². The SMILES string of the molecule is C[C@@H](O)[C@@H](C(=O)N[C@@H](Cc1c[nH]c2ccccc12)C(=O)N[C@@H](CCC(N)=O)C(=O)N[C@H](C=O)CCC(=O)O)N(C)C(=O)[C@@H](N)Cc1cncn1C. The predicted molar refractivity (Wildman–Crippen MR) is 182 cm³/mol. The van der Waals surface area contributed by atoms with E-state index in [0.29, 0.717) is 17.5 Å². The van der Waals surface area contributed by atoms with Gasteiger partial charge in [-0.1, -0.05) is 18.2 Å². The number of aryl methyl sites for hydroxylation is 1. The number of aliphatic hydroxyl groups is 1. The van der Waals surface area contributed by atoms with Gasteiger partial charge in [-0.25, -0.2) is 4.98 Å². The van der Waals surface area contributed by atoms with Gasteiger partial charge in [-0.2, -0.15) is 0 Å². The number of aromatic amines is 1. The first kappa shape index (κ1) is 39.8. The number of nitrogens with one attached hydrogen (secondary N) is 4. The van der Waals surface area contributed by atoms with Crippen LogP contribution < -0.4 is 27.4 Å². The number of aliphatic hydroxyl groups excluding tert-OH is 1. The summed E-state index contributed by atoms with van der Waals surface area (Å²) in [5.41, 5.74) is 13.5. The molecule has 0 spiro atoms. The number of imidazole rings is 1. The molecule has 18 nitrogen and oxygen atoms in total. The maximum Gasteiger partial charge on any atom is 0.303 e. The van der Waals surface area contributed by atoms with E-state index in [-0.39, 0.29) is 32.1 Å². The number of aliphatic carboxylic acids is 1. The molecule has 2 aromatic heterocycles. The molecule has 2 heterocycles. The molecule has 10 N–H and O–H groups in total. The van der Waals surface area contributed by atoms with Gasteiger partial charge in [-0.3, -0.25) is 28.8 Å². The lowest BCUT2D eigenvalue weighted by Gasteiger charge is -2.32. The largest absolute Gasteiger partial charge is 0.481 e. The molecule has 0 radical (unpaired) electrons. The number of H-pyrrole nitrogens is 1. The lowest BCUT2D eigenvalue weighted by Crippen LogP contribution is -2.61. The third kappa shape index (κ3) is 11.2. The second-order valence-corrected chi connectivity index (χ2v) is 12.3. The Hall–Kier alpha value is -5.62. The molecule has 0 aliphatic heterocycles. The van der Waals surface area contributed by atoms with Crippen molar-refractivity contribution in [2.75, 3.05) is 7.05 Å². The Morgan fingerprint density at radius 3 is 2.27 bits per heavy atom. The van der Waals surface area contributed by atoms with Crippen molar-refractivity contribution in [3.63, 3.8) is 0 Å². The standard InChI is InChI=1S/C33H45N9O9/c1-18(44)29(42(3)33(51)23(34)13-21-15-36-17-41(21)2)32(50)40-26(12-19-14-37-24-7-5-4-6-22(19)24)31(49)39-25(9-10-27(35)45)30(48)38-20(16-43)8-11-28(46)47/h4-7,14-18,20,23,25-26,29,37,44H,8-13,34H2,1-3H3,(H2,35,45)(H,38,48)(H,39,49)(H,40,50)(H,46,47)/t18-,20+,23+,25+,26+,29+/m1/s1. The number of para-hydroxylation sites is 1. The summed E-state index contributed by atoms with van der Waals surface area (Å²) in [6.07, 6.45) is 2.38. The van der Waals surface area contributed by atoms with Crippen LogP contribution in [0.2, 0.25) is 0 Å². The van der Waals surface area contributed by atoms with Crippen LogP contribution in [0.5, 0.6) is 0 Å². The topological polar surface area (TPSA) is 285 Å². The Labute approximate surface area is 293 Å². The molecule has 6 atom stereocenters. The number of primary amides is 1. The summed E-state index contributed by atoms with van der Waals surface area (Å²) >= 11 is 0. The molecule has 5 amide bonds. The molecule has 0 aliphatic carbocycles. The predicted octanol–water partition coefficient (Wildman–Crippen LogP) is -1.99. The van der Waals surface area contributed by atoms with E-state index in [9.17, 15) is 38.7 Å². The van der Waals surface area contributed by atoms with Gasteiger partial charge in [-0.15, -0.1) is 0 Å². The van der Waals surface area contributed by atoms with Crippen molar-refractivity contribution >= 4 is 52.7 Å².